The van der Waals surface area contributed by atoms with E-state index in [1.54, 1.807) is 0 Å². The molecule has 0 bridgehead atoms. The molecule has 0 aliphatic carbocycles. The first-order chi connectivity index (χ1) is 17.0. The first-order valence-corrected chi connectivity index (χ1v) is 12.5. The van der Waals surface area contributed by atoms with Crippen LogP contribution in [0.15, 0.2) is 65.6 Å². The number of sulfonamides is 1. The van der Waals surface area contributed by atoms with E-state index >= 15 is 0 Å². The zero-order chi connectivity index (χ0) is 26.5. The Morgan fingerprint density at radius 2 is 1.72 bits per heavy atom. The maximum Gasteiger partial charge on any atom is 0.417 e. The minimum absolute atomic E-state index is 0.0574. The van der Waals surface area contributed by atoms with Crippen molar-refractivity contribution in [2.75, 3.05) is 19.0 Å². The van der Waals surface area contributed by atoms with E-state index in [9.17, 15) is 26.4 Å². The number of nitrogens with one attached hydrogen (secondary N) is 1. The summed E-state index contributed by atoms with van der Waals surface area (Å²) in [5.74, 6) is -0.510. The highest BCUT2D eigenvalue weighted by Crippen LogP contribution is 2.40. The summed E-state index contributed by atoms with van der Waals surface area (Å²) in [5.41, 5.74) is -0.320. The maximum absolute atomic E-state index is 13.6. The largest absolute Gasteiger partial charge is 0.495 e. The van der Waals surface area contributed by atoms with Gasteiger partial charge in [0, 0.05) is 22.9 Å². The van der Waals surface area contributed by atoms with Gasteiger partial charge in [-0.25, -0.2) is 13.6 Å². The van der Waals surface area contributed by atoms with Gasteiger partial charge in [0.2, 0.25) is 10.0 Å². The first-order valence-electron chi connectivity index (χ1n) is 10.9. The number of anilines is 1. The second-order valence-corrected chi connectivity index (χ2v) is 9.35. The van der Waals surface area contributed by atoms with Crippen molar-refractivity contribution in [2.45, 2.75) is 30.8 Å². The van der Waals surface area contributed by atoms with E-state index in [4.69, 9.17) is 14.6 Å². The van der Waals surface area contributed by atoms with Crippen LogP contribution < -0.4 is 19.9 Å². The van der Waals surface area contributed by atoms with Gasteiger partial charge in [-0.05, 0) is 48.4 Å². The van der Waals surface area contributed by atoms with E-state index in [1.165, 1.54) is 61.7 Å². The third kappa shape index (κ3) is 6.35. The zero-order valence-electron chi connectivity index (χ0n) is 19.6. The van der Waals surface area contributed by atoms with E-state index in [0.717, 1.165) is 12.5 Å². The normalized spacial score (nSPS) is 11.7. The fourth-order valence-electron chi connectivity index (χ4n) is 3.48. The predicted octanol–water partition coefficient (Wildman–Crippen LogP) is 5.46. The second-order valence-electron chi connectivity index (χ2n) is 7.82. The van der Waals surface area contributed by atoms with Gasteiger partial charge in [0.25, 0.3) is 5.91 Å². The average Bonchev–Trinajstić information content (AvgIpc) is 2.82. The number of methoxy groups -OCH3 is 1. The Kier molecular flexibility index (Phi) is 8.26. The van der Waals surface area contributed by atoms with Gasteiger partial charge in [-0.15, -0.1) is 0 Å². The minimum atomic E-state index is -4.57. The first kappa shape index (κ1) is 27.0. The highest BCUT2D eigenvalue weighted by atomic mass is 32.2. The van der Waals surface area contributed by atoms with Gasteiger partial charge in [-0.3, -0.25) is 4.79 Å². The van der Waals surface area contributed by atoms with Gasteiger partial charge in [0.1, 0.15) is 16.4 Å². The van der Waals surface area contributed by atoms with Crippen LogP contribution in [0.3, 0.4) is 0 Å². The third-order valence-corrected chi connectivity index (χ3v) is 6.20. The van der Waals surface area contributed by atoms with E-state index in [0.29, 0.717) is 6.42 Å². The number of nitrogens with two attached hydrogens (primary N) is 1. The van der Waals surface area contributed by atoms with Crippen molar-refractivity contribution in [3.63, 3.8) is 0 Å². The number of amides is 1. The molecule has 0 fully saturated rings. The van der Waals surface area contributed by atoms with E-state index in [2.05, 4.69) is 5.32 Å². The molecule has 36 heavy (non-hydrogen) atoms. The van der Waals surface area contributed by atoms with Crippen LogP contribution in [0.2, 0.25) is 0 Å². The molecule has 0 saturated heterocycles. The molecule has 3 N–H and O–H groups in total. The number of halogens is 3. The number of rotatable bonds is 9. The molecule has 0 radical (unpaired) electrons. The van der Waals surface area contributed by atoms with Crippen molar-refractivity contribution in [2.24, 2.45) is 5.14 Å². The Morgan fingerprint density at radius 3 is 2.36 bits per heavy atom. The number of carbonyl (C=O) groups excluding carboxylic acids is 1. The monoisotopic (exact) mass is 522 g/mol. The van der Waals surface area contributed by atoms with Crippen LogP contribution in [0.25, 0.3) is 11.1 Å². The Balaban J connectivity index is 1.98. The summed E-state index contributed by atoms with van der Waals surface area (Å²) >= 11 is 0. The smallest absolute Gasteiger partial charge is 0.417 e. The number of alkyl halides is 3. The molecule has 3 aromatic carbocycles. The molecule has 0 aliphatic rings. The number of hydrogen-bond acceptors (Lipinski definition) is 5. The van der Waals surface area contributed by atoms with E-state index in [-0.39, 0.29) is 45.4 Å². The van der Waals surface area contributed by atoms with Gasteiger partial charge in [-0.1, -0.05) is 31.5 Å². The molecular weight excluding hydrogens is 497 g/mol. The summed E-state index contributed by atoms with van der Waals surface area (Å²) < 4.78 is 75.1. The lowest BCUT2D eigenvalue weighted by atomic mass is 9.97. The minimum Gasteiger partial charge on any atom is -0.495 e. The maximum atomic E-state index is 13.6. The molecule has 3 aromatic rings. The van der Waals surface area contributed by atoms with Crippen molar-refractivity contribution in [1.29, 1.82) is 0 Å². The molecule has 192 valence electrons. The van der Waals surface area contributed by atoms with Crippen molar-refractivity contribution >= 4 is 21.6 Å². The summed E-state index contributed by atoms with van der Waals surface area (Å²) in [4.78, 5) is 12.7. The lowest BCUT2D eigenvalue weighted by Crippen LogP contribution is -2.15. The molecular formula is C25H25F3N2O5S. The standard InChI is InChI=1S/C25H25F3N2O5S/c1-3-4-13-35-21-14-16(9-11-19(21)18-7-5-6-8-20(18)25(26,27)28)24(31)30-17-10-12-23(36(29,32)33)22(15-17)34-2/h5-12,14-15H,3-4,13H2,1-2H3,(H,30,31)(H2,29,32,33). The zero-order valence-corrected chi connectivity index (χ0v) is 20.4. The van der Waals surface area contributed by atoms with Gasteiger partial charge in [0.05, 0.1) is 19.3 Å². The molecule has 3 rings (SSSR count). The van der Waals surface area contributed by atoms with Gasteiger partial charge >= 0.3 is 6.18 Å². The Bertz CT molecular complexity index is 1360. The number of hydrogen-bond donors (Lipinski definition) is 2. The molecule has 0 aromatic heterocycles. The van der Waals surface area contributed by atoms with Crippen LogP contribution in [-0.2, 0) is 16.2 Å². The van der Waals surface area contributed by atoms with Crippen LogP contribution in [0.4, 0.5) is 18.9 Å². The molecule has 0 saturated carbocycles. The highest BCUT2D eigenvalue weighted by Gasteiger charge is 2.34. The number of ether oxygens (including phenoxy) is 2. The fourth-order valence-corrected chi connectivity index (χ4v) is 4.16. The topological polar surface area (TPSA) is 108 Å². The Hall–Kier alpha value is -3.57. The molecule has 0 atom stereocenters. The lowest BCUT2D eigenvalue weighted by molar-refractivity contribution is -0.137. The molecule has 1 amide bonds. The van der Waals surface area contributed by atoms with Crippen molar-refractivity contribution in [1.82, 2.24) is 0 Å². The predicted molar refractivity (Wildman–Crippen MR) is 130 cm³/mol. The van der Waals surface area contributed by atoms with Gasteiger partial charge in [-0.2, -0.15) is 13.2 Å². The quantitative estimate of drug-likeness (QED) is 0.363. The second kappa shape index (κ2) is 11.0. The molecule has 0 aliphatic heterocycles. The summed E-state index contributed by atoms with van der Waals surface area (Å²) in [6, 6.07) is 13.2. The van der Waals surface area contributed by atoms with Crippen LogP contribution in [-0.4, -0.2) is 28.0 Å². The molecule has 7 nitrogen and oxygen atoms in total. The highest BCUT2D eigenvalue weighted by molar-refractivity contribution is 7.89. The summed E-state index contributed by atoms with van der Waals surface area (Å²) in [5, 5.41) is 7.77. The molecule has 0 spiro atoms. The van der Waals surface area contributed by atoms with E-state index < -0.39 is 27.7 Å². The SMILES string of the molecule is CCCCOc1cc(C(=O)Nc2ccc(S(N)(=O)=O)c(OC)c2)ccc1-c1ccccc1C(F)(F)F. The summed E-state index contributed by atoms with van der Waals surface area (Å²) in [6.45, 7) is 2.21. The Labute approximate surface area is 207 Å². The van der Waals surface area contributed by atoms with Crippen LogP contribution in [0, 0.1) is 0 Å². The molecule has 0 unspecified atom stereocenters. The van der Waals surface area contributed by atoms with Crippen molar-refractivity contribution < 1.29 is 35.9 Å². The number of carbonyl (C=O) groups is 1. The summed E-state index contributed by atoms with van der Waals surface area (Å²) in [6.07, 6.45) is -3.09. The van der Waals surface area contributed by atoms with Crippen molar-refractivity contribution in [3.05, 3.63) is 71.8 Å². The third-order valence-electron chi connectivity index (χ3n) is 5.25. The van der Waals surface area contributed by atoms with Crippen molar-refractivity contribution in [3.8, 4) is 22.6 Å². The van der Waals surface area contributed by atoms with Crippen LogP contribution >= 0.6 is 0 Å². The van der Waals surface area contributed by atoms with Crippen LogP contribution in [0.5, 0.6) is 11.5 Å². The number of unbranched alkanes of at least 4 members (excludes halogenated alkanes) is 1. The fraction of sp³-hybridized carbons (Fsp3) is 0.240. The van der Waals surface area contributed by atoms with E-state index in [1.807, 2.05) is 6.92 Å². The van der Waals surface area contributed by atoms with Gasteiger partial charge < -0.3 is 14.8 Å². The number of primary sulfonamides is 1. The summed E-state index contributed by atoms with van der Waals surface area (Å²) in [7, 11) is -2.78. The lowest BCUT2D eigenvalue weighted by Gasteiger charge is -2.17. The molecule has 11 heteroatoms. The van der Waals surface area contributed by atoms with Crippen LogP contribution in [0.1, 0.15) is 35.7 Å². The Morgan fingerprint density at radius 1 is 1.00 bits per heavy atom. The van der Waals surface area contributed by atoms with Gasteiger partial charge in [0.15, 0.2) is 0 Å². The molecule has 0 heterocycles. The average molecular weight is 523 g/mol. The number of benzene rings is 3.